The van der Waals surface area contributed by atoms with E-state index in [4.69, 9.17) is 16.7 Å². The van der Waals surface area contributed by atoms with Crippen molar-refractivity contribution in [2.75, 3.05) is 18.1 Å². The summed E-state index contributed by atoms with van der Waals surface area (Å²) in [6, 6.07) is 7.13. The maximum atomic E-state index is 12.3. The van der Waals surface area contributed by atoms with Gasteiger partial charge in [-0.3, -0.25) is 4.79 Å². The highest BCUT2D eigenvalue weighted by atomic mass is 35.5. The molecule has 98 valence electrons. The molecule has 0 bridgehead atoms. The number of aliphatic hydroxyl groups is 1. The molecule has 1 saturated heterocycles. The lowest BCUT2D eigenvalue weighted by atomic mass is 10.1. The third kappa shape index (κ3) is 2.83. The highest BCUT2D eigenvalue weighted by Gasteiger charge is 2.32. The minimum absolute atomic E-state index is 0.00414. The number of rotatable bonds is 3. The molecule has 1 aromatic carbocycles. The first-order valence-corrected chi connectivity index (χ1v) is 6.43. The highest BCUT2D eigenvalue weighted by molar-refractivity contribution is 6.30. The number of aliphatic hydroxyl groups excluding tert-OH is 1. The molecule has 1 aromatic rings. The molecule has 5 heteroatoms. The molecule has 18 heavy (non-hydrogen) atoms. The molecule has 2 rings (SSSR count). The summed E-state index contributed by atoms with van der Waals surface area (Å²) in [7, 11) is 0. The second kappa shape index (κ2) is 5.69. The number of hydrogen-bond donors (Lipinski definition) is 2. The van der Waals surface area contributed by atoms with E-state index < -0.39 is 0 Å². The van der Waals surface area contributed by atoms with E-state index in [9.17, 15) is 4.79 Å². The molecule has 2 atom stereocenters. The van der Waals surface area contributed by atoms with Gasteiger partial charge in [0.05, 0.1) is 6.04 Å². The molecule has 2 N–H and O–H groups in total. The Balaban J connectivity index is 2.20. The summed E-state index contributed by atoms with van der Waals surface area (Å²) in [4.78, 5) is 14.0. The number of piperazine rings is 1. The van der Waals surface area contributed by atoms with Crippen molar-refractivity contribution in [1.82, 2.24) is 5.32 Å². The van der Waals surface area contributed by atoms with Crippen LogP contribution in [0.5, 0.6) is 0 Å². The van der Waals surface area contributed by atoms with E-state index in [0.29, 0.717) is 18.0 Å². The van der Waals surface area contributed by atoms with Gasteiger partial charge < -0.3 is 15.3 Å². The Hall–Kier alpha value is -1.10. The van der Waals surface area contributed by atoms with Gasteiger partial charge in [0.15, 0.2) is 0 Å². The second-order valence-electron chi connectivity index (χ2n) is 4.56. The average molecular weight is 269 g/mol. The van der Waals surface area contributed by atoms with E-state index in [1.54, 1.807) is 17.0 Å². The molecule has 4 nitrogen and oxygen atoms in total. The van der Waals surface area contributed by atoms with Gasteiger partial charge in [-0.1, -0.05) is 11.6 Å². The van der Waals surface area contributed by atoms with E-state index in [0.717, 1.165) is 5.69 Å². The predicted molar refractivity (Wildman–Crippen MR) is 71.9 cm³/mol. The van der Waals surface area contributed by atoms with Crippen molar-refractivity contribution in [3.05, 3.63) is 29.3 Å². The standard InChI is InChI=1S/C13H17ClN2O2/c1-9-8-16(11-4-2-10(14)3-5-11)13(18)12(15-9)6-7-17/h2-5,9,12,15,17H,6-8H2,1H3. The van der Waals surface area contributed by atoms with Gasteiger partial charge in [-0.2, -0.15) is 0 Å². The molecular formula is C13H17ClN2O2. The Morgan fingerprint density at radius 2 is 2.11 bits per heavy atom. The molecule has 1 fully saturated rings. The van der Waals surface area contributed by atoms with Crippen LogP contribution in [0.25, 0.3) is 0 Å². The maximum absolute atomic E-state index is 12.3. The molecular weight excluding hydrogens is 252 g/mol. The summed E-state index contributed by atoms with van der Waals surface area (Å²) in [6.45, 7) is 2.66. The predicted octanol–water partition coefficient (Wildman–Crippen LogP) is 1.42. The minimum atomic E-state index is -0.311. The molecule has 1 amide bonds. The summed E-state index contributed by atoms with van der Waals surface area (Å²) >= 11 is 5.85. The average Bonchev–Trinajstić information content (AvgIpc) is 2.35. The van der Waals surface area contributed by atoms with Crippen LogP contribution in [0.3, 0.4) is 0 Å². The zero-order valence-corrected chi connectivity index (χ0v) is 11.0. The monoisotopic (exact) mass is 268 g/mol. The lowest BCUT2D eigenvalue weighted by molar-refractivity contribution is -0.122. The van der Waals surface area contributed by atoms with Gasteiger partial charge in [0, 0.05) is 29.9 Å². The Bertz CT molecular complexity index is 422. The number of hydrogen-bond acceptors (Lipinski definition) is 3. The van der Waals surface area contributed by atoms with Crippen LogP contribution in [-0.2, 0) is 4.79 Å². The van der Waals surface area contributed by atoms with Crippen molar-refractivity contribution in [2.45, 2.75) is 25.4 Å². The maximum Gasteiger partial charge on any atom is 0.244 e. The fourth-order valence-corrected chi connectivity index (χ4v) is 2.33. The number of carbonyl (C=O) groups is 1. The number of carbonyl (C=O) groups excluding carboxylic acids is 1. The van der Waals surface area contributed by atoms with Crippen LogP contribution in [0.4, 0.5) is 5.69 Å². The van der Waals surface area contributed by atoms with Crippen molar-refractivity contribution < 1.29 is 9.90 Å². The number of benzene rings is 1. The lowest BCUT2D eigenvalue weighted by Gasteiger charge is -2.37. The summed E-state index contributed by atoms with van der Waals surface area (Å²) in [6.07, 6.45) is 0.438. The summed E-state index contributed by atoms with van der Waals surface area (Å²) in [5, 5.41) is 12.8. The van der Waals surface area contributed by atoms with Gasteiger partial charge in [-0.25, -0.2) is 0 Å². The van der Waals surface area contributed by atoms with Gasteiger partial charge in [0.25, 0.3) is 0 Å². The molecule has 0 spiro atoms. The third-order valence-electron chi connectivity index (χ3n) is 3.06. The zero-order valence-electron chi connectivity index (χ0n) is 10.3. The van der Waals surface area contributed by atoms with Gasteiger partial charge >= 0.3 is 0 Å². The van der Waals surface area contributed by atoms with E-state index >= 15 is 0 Å². The molecule has 1 heterocycles. The molecule has 0 radical (unpaired) electrons. The number of halogens is 1. The van der Waals surface area contributed by atoms with Gasteiger partial charge in [0.1, 0.15) is 0 Å². The lowest BCUT2D eigenvalue weighted by Crippen LogP contribution is -2.59. The van der Waals surface area contributed by atoms with Crippen molar-refractivity contribution in [3.63, 3.8) is 0 Å². The number of anilines is 1. The van der Waals surface area contributed by atoms with Crippen molar-refractivity contribution in [3.8, 4) is 0 Å². The third-order valence-corrected chi connectivity index (χ3v) is 3.31. The number of nitrogens with zero attached hydrogens (tertiary/aromatic N) is 1. The first-order chi connectivity index (χ1) is 8.61. The Morgan fingerprint density at radius 3 is 2.72 bits per heavy atom. The molecule has 0 aliphatic carbocycles. The van der Waals surface area contributed by atoms with Crippen LogP contribution in [0.2, 0.25) is 5.02 Å². The smallest absolute Gasteiger partial charge is 0.244 e. The van der Waals surface area contributed by atoms with Crippen LogP contribution in [0.1, 0.15) is 13.3 Å². The quantitative estimate of drug-likeness (QED) is 0.872. The number of nitrogens with one attached hydrogen (secondary N) is 1. The molecule has 0 saturated carbocycles. The topological polar surface area (TPSA) is 52.6 Å². The van der Waals surface area contributed by atoms with E-state index in [-0.39, 0.29) is 24.6 Å². The first kappa shape index (κ1) is 13.3. The van der Waals surface area contributed by atoms with Gasteiger partial charge in [-0.15, -0.1) is 0 Å². The van der Waals surface area contributed by atoms with Gasteiger partial charge in [0.2, 0.25) is 5.91 Å². The molecule has 1 aliphatic heterocycles. The summed E-state index contributed by atoms with van der Waals surface area (Å²) < 4.78 is 0. The van der Waals surface area contributed by atoms with E-state index in [1.807, 2.05) is 19.1 Å². The van der Waals surface area contributed by atoms with E-state index in [1.165, 1.54) is 0 Å². The van der Waals surface area contributed by atoms with Crippen LogP contribution < -0.4 is 10.2 Å². The highest BCUT2D eigenvalue weighted by Crippen LogP contribution is 2.21. The minimum Gasteiger partial charge on any atom is -0.396 e. The summed E-state index contributed by atoms with van der Waals surface area (Å²) in [5.74, 6) is 0.00414. The van der Waals surface area contributed by atoms with Crippen molar-refractivity contribution in [1.29, 1.82) is 0 Å². The van der Waals surface area contributed by atoms with Crippen molar-refractivity contribution >= 4 is 23.2 Å². The Labute approximate surface area is 112 Å². The molecule has 0 aromatic heterocycles. The zero-order chi connectivity index (χ0) is 13.1. The summed E-state index contributed by atoms with van der Waals surface area (Å²) in [5.41, 5.74) is 0.848. The van der Waals surface area contributed by atoms with Crippen LogP contribution in [-0.4, -0.2) is 36.2 Å². The van der Waals surface area contributed by atoms with E-state index in [2.05, 4.69) is 5.32 Å². The molecule has 1 aliphatic rings. The largest absolute Gasteiger partial charge is 0.396 e. The van der Waals surface area contributed by atoms with Crippen molar-refractivity contribution in [2.24, 2.45) is 0 Å². The Kier molecular flexibility index (Phi) is 4.22. The van der Waals surface area contributed by atoms with Crippen LogP contribution in [0, 0.1) is 0 Å². The SMILES string of the molecule is CC1CN(c2ccc(Cl)cc2)C(=O)C(CCO)N1. The number of amides is 1. The Morgan fingerprint density at radius 1 is 1.44 bits per heavy atom. The molecule has 2 unspecified atom stereocenters. The van der Waals surface area contributed by atoms with Crippen LogP contribution >= 0.6 is 11.6 Å². The first-order valence-electron chi connectivity index (χ1n) is 6.05. The second-order valence-corrected chi connectivity index (χ2v) is 4.99. The van der Waals surface area contributed by atoms with Gasteiger partial charge in [-0.05, 0) is 37.6 Å². The van der Waals surface area contributed by atoms with Crippen LogP contribution in [0.15, 0.2) is 24.3 Å². The fourth-order valence-electron chi connectivity index (χ4n) is 2.21. The fraction of sp³-hybridized carbons (Fsp3) is 0.462. The normalized spacial score (nSPS) is 24.4.